The second-order valence-electron chi connectivity index (χ2n) is 5.99. The number of para-hydroxylation sites is 2. The van der Waals surface area contributed by atoms with Crippen LogP contribution in [0.3, 0.4) is 0 Å². The van der Waals surface area contributed by atoms with Gasteiger partial charge in [-0.25, -0.2) is 0 Å². The molecule has 3 rings (SSSR count). The maximum atomic E-state index is 12.7. The summed E-state index contributed by atoms with van der Waals surface area (Å²) >= 11 is 0. The molecule has 0 radical (unpaired) electrons. The van der Waals surface area contributed by atoms with E-state index < -0.39 is 0 Å². The fourth-order valence-electron chi connectivity index (χ4n) is 2.59. The third kappa shape index (κ3) is 4.25. The largest absolute Gasteiger partial charge is 0.493 e. The second-order valence-corrected chi connectivity index (χ2v) is 5.99. The van der Waals surface area contributed by atoms with Gasteiger partial charge in [0.05, 0.1) is 13.2 Å². The van der Waals surface area contributed by atoms with Crippen LogP contribution in [0, 0.1) is 0 Å². The Balaban J connectivity index is 1.65. The van der Waals surface area contributed by atoms with E-state index in [1.807, 2.05) is 31.2 Å². The molecular weight excluding hydrogens is 346 g/mol. The van der Waals surface area contributed by atoms with Crippen LogP contribution < -0.4 is 9.47 Å². The quantitative estimate of drug-likeness (QED) is 0.636. The minimum absolute atomic E-state index is 0.120. The van der Waals surface area contributed by atoms with Crippen LogP contribution in [0.2, 0.25) is 0 Å². The van der Waals surface area contributed by atoms with Crippen molar-refractivity contribution >= 4 is 5.91 Å². The number of ether oxygens (including phenoxy) is 2. The minimum atomic E-state index is -0.230. The monoisotopic (exact) mass is 367 g/mol. The summed E-state index contributed by atoms with van der Waals surface area (Å²) in [6.07, 6.45) is 3.40. The van der Waals surface area contributed by atoms with E-state index in [0.717, 1.165) is 5.56 Å². The van der Waals surface area contributed by atoms with Gasteiger partial charge in [-0.2, -0.15) is 0 Å². The molecule has 0 aliphatic carbocycles. The molecule has 0 N–H and O–H groups in total. The third-order valence-electron chi connectivity index (χ3n) is 4.31. The number of nitrogens with zero attached hydrogens (tertiary/aromatic N) is 3. The van der Waals surface area contributed by atoms with Crippen LogP contribution in [-0.4, -0.2) is 35.1 Å². The molecule has 7 heteroatoms. The van der Waals surface area contributed by atoms with Crippen molar-refractivity contribution in [2.75, 3.05) is 14.2 Å². The van der Waals surface area contributed by atoms with Crippen LogP contribution in [0.25, 0.3) is 0 Å². The molecule has 0 aliphatic heterocycles. The lowest BCUT2D eigenvalue weighted by Gasteiger charge is -2.24. The minimum Gasteiger partial charge on any atom is -0.493 e. The molecule has 2 aromatic heterocycles. The van der Waals surface area contributed by atoms with Crippen molar-refractivity contribution in [3.63, 3.8) is 0 Å². The first-order valence-corrected chi connectivity index (χ1v) is 8.48. The molecular formula is C20H21N3O4. The van der Waals surface area contributed by atoms with Crippen LogP contribution in [0.5, 0.6) is 11.5 Å². The van der Waals surface area contributed by atoms with Gasteiger partial charge in [-0.1, -0.05) is 17.3 Å². The maximum Gasteiger partial charge on any atom is 0.276 e. The van der Waals surface area contributed by atoms with E-state index >= 15 is 0 Å². The normalized spacial score (nSPS) is 11.7. The van der Waals surface area contributed by atoms with Gasteiger partial charge in [0.1, 0.15) is 6.61 Å². The van der Waals surface area contributed by atoms with Gasteiger partial charge in [0.15, 0.2) is 23.0 Å². The molecule has 0 unspecified atom stereocenters. The molecule has 3 aromatic rings. The molecule has 0 saturated heterocycles. The van der Waals surface area contributed by atoms with Gasteiger partial charge >= 0.3 is 0 Å². The maximum absolute atomic E-state index is 12.7. The van der Waals surface area contributed by atoms with E-state index in [1.54, 1.807) is 49.7 Å². The van der Waals surface area contributed by atoms with E-state index in [0.29, 0.717) is 17.3 Å². The van der Waals surface area contributed by atoms with Crippen LogP contribution in [0.1, 0.15) is 34.8 Å². The van der Waals surface area contributed by atoms with Crippen LogP contribution in [0.4, 0.5) is 0 Å². The standard InChI is InChI=1S/C20H21N3O4/c1-14(15-8-10-21-11-9-15)23(2)20(24)17-12-16(27-22-17)13-26-19-7-5-4-6-18(19)25-3/h4-12,14H,13H2,1-3H3/t14-/m1/s1. The Bertz CT molecular complexity index is 895. The molecule has 1 amide bonds. The number of hydrogen-bond acceptors (Lipinski definition) is 6. The van der Waals surface area contributed by atoms with Gasteiger partial charge in [-0.3, -0.25) is 9.78 Å². The van der Waals surface area contributed by atoms with Gasteiger partial charge in [-0.15, -0.1) is 0 Å². The Morgan fingerprint density at radius 3 is 2.59 bits per heavy atom. The van der Waals surface area contributed by atoms with Crippen LogP contribution >= 0.6 is 0 Å². The summed E-state index contributed by atoms with van der Waals surface area (Å²) in [5.41, 5.74) is 1.22. The Labute approximate surface area is 157 Å². The molecule has 1 atom stereocenters. The molecule has 2 heterocycles. The zero-order valence-corrected chi connectivity index (χ0v) is 15.5. The zero-order chi connectivity index (χ0) is 19.2. The number of pyridine rings is 1. The van der Waals surface area contributed by atoms with E-state index in [9.17, 15) is 4.79 Å². The van der Waals surface area contributed by atoms with Crippen molar-refractivity contribution in [2.45, 2.75) is 19.6 Å². The predicted octanol–water partition coefficient (Wildman–Crippen LogP) is 3.49. The summed E-state index contributed by atoms with van der Waals surface area (Å²) in [6, 6.07) is 12.5. The first-order chi connectivity index (χ1) is 13.1. The van der Waals surface area contributed by atoms with Crippen LogP contribution in [0.15, 0.2) is 59.4 Å². The van der Waals surface area contributed by atoms with Crippen molar-refractivity contribution in [3.8, 4) is 11.5 Å². The average molecular weight is 367 g/mol. The highest BCUT2D eigenvalue weighted by Crippen LogP contribution is 2.27. The van der Waals surface area contributed by atoms with Crippen molar-refractivity contribution in [2.24, 2.45) is 0 Å². The van der Waals surface area contributed by atoms with E-state index in [1.165, 1.54) is 0 Å². The summed E-state index contributed by atoms with van der Waals surface area (Å²) < 4.78 is 16.2. The molecule has 27 heavy (non-hydrogen) atoms. The van der Waals surface area contributed by atoms with Crippen molar-refractivity contribution in [1.82, 2.24) is 15.0 Å². The molecule has 0 saturated carbocycles. The first kappa shape index (κ1) is 18.4. The lowest BCUT2D eigenvalue weighted by Crippen LogP contribution is -2.29. The second kappa shape index (κ2) is 8.35. The predicted molar refractivity (Wildman–Crippen MR) is 98.6 cm³/mol. The molecule has 0 aliphatic rings. The topological polar surface area (TPSA) is 77.7 Å². The molecule has 140 valence electrons. The number of benzene rings is 1. The Kier molecular flexibility index (Phi) is 5.71. The lowest BCUT2D eigenvalue weighted by atomic mass is 10.1. The number of carbonyl (C=O) groups is 1. The van der Waals surface area contributed by atoms with E-state index in [2.05, 4.69) is 10.1 Å². The first-order valence-electron chi connectivity index (χ1n) is 8.48. The molecule has 0 fully saturated rings. The Morgan fingerprint density at radius 1 is 1.19 bits per heavy atom. The Morgan fingerprint density at radius 2 is 1.89 bits per heavy atom. The van der Waals surface area contributed by atoms with Gasteiger partial charge in [-0.05, 0) is 36.8 Å². The Hall–Kier alpha value is -3.35. The van der Waals surface area contributed by atoms with Crippen molar-refractivity contribution in [1.29, 1.82) is 0 Å². The number of amides is 1. The van der Waals surface area contributed by atoms with E-state index in [-0.39, 0.29) is 24.2 Å². The van der Waals surface area contributed by atoms with Gasteiger partial charge in [0.2, 0.25) is 0 Å². The van der Waals surface area contributed by atoms with E-state index in [4.69, 9.17) is 14.0 Å². The van der Waals surface area contributed by atoms with Crippen molar-refractivity contribution in [3.05, 3.63) is 71.9 Å². The summed E-state index contributed by atoms with van der Waals surface area (Å²) in [7, 11) is 3.31. The number of rotatable bonds is 7. The smallest absolute Gasteiger partial charge is 0.276 e. The molecule has 1 aromatic carbocycles. The lowest BCUT2D eigenvalue weighted by molar-refractivity contribution is 0.0731. The van der Waals surface area contributed by atoms with Gasteiger partial charge < -0.3 is 18.9 Å². The molecule has 7 nitrogen and oxygen atoms in total. The summed E-state index contributed by atoms with van der Waals surface area (Å²) in [5, 5.41) is 3.88. The van der Waals surface area contributed by atoms with Crippen LogP contribution in [-0.2, 0) is 6.61 Å². The number of hydrogen-bond donors (Lipinski definition) is 0. The van der Waals surface area contributed by atoms with Gasteiger partial charge in [0, 0.05) is 25.5 Å². The highest BCUT2D eigenvalue weighted by atomic mass is 16.5. The van der Waals surface area contributed by atoms with Gasteiger partial charge in [0.25, 0.3) is 5.91 Å². The highest BCUT2D eigenvalue weighted by Gasteiger charge is 2.22. The molecule has 0 bridgehead atoms. The number of carbonyl (C=O) groups excluding carboxylic acids is 1. The fraction of sp³-hybridized carbons (Fsp3) is 0.250. The zero-order valence-electron chi connectivity index (χ0n) is 15.5. The SMILES string of the molecule is COc1ccccc1OCc1cc(C(=O)N(C)[C@H](C)c2ccncc2)no1. The van der Waals surface area contributed by atoms with Crippen molar-refractivity contribution < 1.29 is 18.8 Å². The molecule has 0 spiro atoms. The third-order valence-corrected chi connectivity index (χ3v) is 4.31. The fourth-order valence-corrected chi connectivity index (χ4v) is 2.59. The average Bonchev–Trinajstić information content (AvgIpc) is 3.20. The summed E-state index contributed by atoms with van der Waals surface area (Å²) in [6.45, 7) is 2.09. The summed E-state index contributed by atoms with van der Waals surface area (Å²) in [4.78, 5) is 18.3. The highest BCUT2D eigenvalue weighted by molar-refractivity contribution is 5.92. The number of aromatic nitrogens is 2. The summed E-state index contributed by atoms with van der Waals surface area (Å²) in [5.74, 6) is 1.44. The number of methoxy groups -OCH3 is 1.